The number of nitrogens with two attached hydrogens (primary N) is 1. The number of nitrogens with zero attached hydrogens (tertiary/aromatic N) is 3. The number of hydrogen-bond acceptors (Lipinski definition) is 6. The van der Waals surface area contributed by atoms with Crippen LogP contribution in [0.3, 0.4) is 0 Å². The molecule has 1 saturated carbocycles. The van der Waals surface area contributed by atoms with Crippen molar-refractivity contribution in [1.29, 1.82) is 0 Å². The topological polar surface area (TPSA) is 122 Å². The van der Waals surface area contributed by atoms with Gasteiger partial charge in [0.25, 0.3) is 0 Å². The molecule has 2 aliphatic rings. The maximum Gasteiger partial charge on any atom is 0.341 e. The fraction of sp³-hybridized carbons (Fsp3) is 0.471. The van der Waals surface area contributed by atoms with E-state index in [2.05, 4.69) is 4.98 Å². The summed E-state index contributed by atoms with van der Waals surface area (Å²) < 4.78 is 1.79. The molecule has 3 heterocycles. The number of hydrogen-bond donors (Lipinski definition) is 3. The van der Waals surface area contributed by atoms with E-state index in [-0.39, 0.29) is 23.1 Å². The Labute approximate surface area is 143 Å². The third-order valence-electron chi connectivity index (χ3n) is 4.95. The maximum absolute atomic E-state index is 12.5. The highest BCUT2D eigenvalue weighted by atomic mass is 16.4. The number of aliphatic hydroxyl groups is 1. The third-order valence-corrected chi connectivity index (χ3v) is 4.95. The van der Waals surface area contributed by atoms with Gasteiger partial charge >= 0.3 is 5.97 Å². The lowest BCUT2D eigenvalue weighted by Gasteiger charge is -2.31. The summed E-state index contributed by atoms with van der Waals surface area (Å²) in [6.45, 7) is 1.29. The summed E-state index contributed by atoms with van der Waals surface area (Å²) in [6, 6.07) is 1.71. The van der Waals surface area contributed by atoms with Crippen LogP contribution in [0.1, 0.15) is 42.1 Å². The fourth-order valence-electron chi connectivity index (χ4n) is 3.39. The van der Waals surface area contributed by atoms with Gasteiger partial charge in [-0.3, -0.25) is 4.79 Å². The van der Waals surface area contributed by atoms with Gasteiger partial charge < -0.3 is 25.4 Å². The minimum absolute atomic E-state index is 0.174. The first-order valence-electron chi connectivity index (χ1n) is 8.47. The minimum Gasteiger partial charge on any atom is -0.477 e. The van der Waals surface area contributed by atoms with E-state index < -0.39 is 11.4 Å². The number of anilines is 2. The average molecular weight is 344 g/mol. The lowest BCUT2D eigenvalue weighted by atomic mass is 10.1. The van der Waals surface area contributed by atoms with Crippen LogP contribution in [0.2, 0.25) is 0 Å². The first-order chi connectivity index (χ1) is 12.0. The Hall–Kier alpha value is -2.61. The lowest BCUT2D eigenvalue weighted by molar-refractivity contribution is 0.0695. The number of carboxylic acids is 1. The molecule has 2 aromatic rings. The number of rotatable bonds is 3. The van der Waals surface area contributed by atoms with Crippen LogP contribution >= 0.6 is 0 Å². The molecular weight excluding hydrogens is 324 g/mol. The summed E-state index contributed by atoms with van der Waals surface area (Å²) in [5.41, 5.74) is 6.15. The summed E-state index contributed by atoms with van der Waals surface area (Å²) in [5, 5.41) is 19.2. The van der Waals surface area contributed by atoms with Gasteiger partial charge in [0.05, 0.1) is 17.2 Å². The molecule has 0 amide bonds. The highest BCUT2D eigenvalue weighted by molar-refractivity contribution is 5.93. The Morgan fingerprint density at radius 3 is 2.52 bits per heavy atom. The lowest BCUT2D eigenvalue weighted by Crippen LogP contribution is -2.37. The highest BCUT2D eigenvalue weighted by Gasteiger charge is 2.29. The van der Waals surface area contributed by atoms with E-state index in [4.69, 9.17) is 5.73 Å². The van der Waals surface area contributed by atoms with E-state index in [1.807, 2.05) is 4.90 Å². The molecule has 0 spiro atoms. The van der Waals surface area contributed by atoms with Crippen LogP contribution < -0.4 is 16.1 Å². The van der Waals surface area contributed by atoms with E-state index in [0.29, 0.717) is 43.1 Å². The van der Waals surface area contributed by atoms with E-state index in [1.165, 1.54) is 12.3 Å². The fourth-order valence-corrected chi connectivity index (χ4v) is 3.39. The summed E-state index contributed by atoms with van der Waals surface area (Å²) in [4.78, 5) is 30.5. The molecule has 0 atom stereocenters. The third kappa shape index (κ3) is 2.72. The summed E-state index contributed by atoms with van der Waals surface area (Å²) in [7, 11) is 0. The Kier molecular flexibility index (Phi) is 3.64. The van der Waals surface area contributed by atoms with Crippen LogP contribution in [-0.4, -0.2) is 44.9 Å². The predicted molar refractivity (Wildman–Crippen MR) is 93.1 cm³/mol. The Bertz CT molecular complexity index is 911. The van der Waals surface area contributed by atoms with Gasteiger partial charge in [0.2, 0.25) is 5.43 Å². The molecule has 2 aromatic heterocycles. The van der Waals surface area contributed by atoms with Crippen molar-refractivity contribution in [2.45, 2.75) is 37.8 Å². The van der Waals surface area contributed by atoms with Crippen LogP contribution in [0.25, 0.3) is 11.0 Å². The Morgan fingerprint density at radius 1 is 1.24 bits per heavy atom. The highest BCUT2D eigenvalue weighted by Crippen LogP contribution is 2.37. The maximum atomic E-state index is 12.5. The van der Waals surface area contributed by atoms with Gasteiger partial charge in [0, 0.05) is 25.3 Å². The van der Waals surface area contributed by atoms with Gasteiger partial charge in [-0.15, -0.1) is 0 Å². The zero-order chi connectivity index (χ0) is 17.7. The second-order valence-electron chi connectivity index (χ2n) is 6.81. The monoisotopic (exact) mass is 344 g/mol. The smallest absolute Gasteiger partial charge is 0.341 e. The average Bonchev–Trinajstić information content (AvgIpc) is 3.41. The number of piperidine rings is 1. The Morgan fingerprint density at radius 2 is 1.92 bits per heavy atom. The van der Waals surface area contributed by atoms with Gasteiger partial charge in [-0.05, 0) is 31.7 Å². The first-order valence-corrected chi connectivity index (χ1v) is 8.47. The second-order valence-corrected chi connectivity index (χ2v) is 6.81. The number of carboxylic acid groups (broad SMARTS) is 1. The van der Waals surface area contributed by atoms with Crippen molar-refractivity contribution in [3.63, 3.8) is 0 Å². The van der Waals surface area contributed by atoms with Crippen molar-refractivity contribution in [1.82, 2.24) is 9.55 Å². The molecule has 1 aliphatic carbocycles. The molecular formula is C17H20N4O4. The van der Waals surface area contributed by atoms with E-state index >= 15 is 0 Å². The summed E-state index contributed by atoms with van der Waals surface area (Å²) in [5.74, 6) is -0.648. The van der Waals surface area contributed by atoms with Crippen molar-refractivity contribution in [3.05, 3.63) is 28.0 Å². The molecule has 132 valence electrons. The molecule has 1 saturated heterocycles. The number of aromatic carboxylic acids is 1. The number of fused-ring (bicyclic) bond motifs is 1. The van der Waals surface area contributed by atoms with Crippen LogP contribution in [-0.2, 0) is 0 Å². The SMILES string of the molecule is Nc1cc2c(=O)c(C(=O)O)cn(C3CC3)c2nc1N1CCC(O)CC1. The molecule has 1 aliphatic heterocycles. The number of carbonyl (C=O) groups is 1. The first kappa shape index (κ1) is 15.9. The molecule has 4 N–H and O–H groups in total. The molecule has 8 nitrogen and oxygen atoms in total. The van der Waals surface area contributed by atoms with Crippen LogP contribution in [0, 0.1) is 0 Å². The molecule has 0 unspecified atom stereocenters. The van der Waals surface area contributed by atoms with E-state index in [0.717, 1.165) is 12.8 Å². The molecule has 0 bridgehead atoms. The van der Waals surface area contributed by atoms with Crippen molar-refractivity contribution in [3.8, 4) is 0 Å². The van der Waals surface area contributed by atoms with Gasteiger partial charge in [-0.2, -0.15) is 0 Å². The number of aliphatic hydroxyl groups excluding tert-OH is 1. The zero-order valence-electron chi connectivity index (χ0n) is 13.7. The molecule has 0 aromatic carbocycles. The van der Waals surface area contributed by atoms with Crippen LogP contribution in [0.5, 0.6) is 0 Å². The quantitative estimate of drug-likeness (QED) is 0.758. The summed E-state index contributed by atoms with van der Waals surface area (Å²) in [6.07, 6.45) is 4.26. The van der Waals surface area contributed by atoms with Crippen molar-refractivity contribution >= 4 is 28.5 Å². The van der Waals surface area contributed by atoms with Crippen molar-refractivity contribution < 1.29 is 15.0 Å². The second kappa shape index (κ2) is 5.73. The zero-order valence-corrected chi connectivity index (χ0v) is 13.7. The van der Waals surface area contributed by atoms with Gasteiger partial charge in [-0.1, -0.05) is 0 Å². The van der Waals surface area contributed by atoms with Gasteiger partial charge in [-0.25, -0.2) is 9.78 Å². The standard InChI is InChI=1S/C17H20N4O4/c18-13-7-11-14(23)12(17(24)25)8-21(9-1-2-9)15(11)19-16(13)20-5-3-10(22)4-6-20/h7-10,22H,1-6,18H2,(H,24,25). The number of nitrogen functional groups attached to an aromatic ring is 1. The minimum atomic E-state index is -1.24. The van der Waals surface area contributed by atoms with E-state index in [9.17, 15) is 19.8 Å². The van der Waals surface area contributed by atoms with Crippen molar-refractivity contribution in [2.24, 2.45) is 0 Å². The van der Waals surface area contributed by atoms with Crippen LogP contribution in [0.4, 0.5) is 11.5 Å². The predicted octanol–water partition coefficient (Wildman–Crippen LogP) is 0.973. The number of aromatic nitrogens is 2. The Balaban J connectivity index is 1.90. The molecule has 8 heteroatoms. The largest absolute Gasteiger partial charge is 0.477 e. The normalized spacial score (nSPS) is 18.7. The van der Waals surface area contributed by atoms with E-state index in [1.54, 1.807) is 4.57 Å². The molecule has 0 radical (unpaired) electrons. The van der Waals surface area contributed by atoms with Crippen molar-refractivity contribution in [2.75, 3.05) is 23.7 Å². The number of pyridine rings is 2. The molecule has 25 heavy (non-hydrogen) atoms. The van der Waals surface area contributed by atoms with Crippen LogP contribution in [0.15, 0.2) is 17.1 Å². The van der Waals surface area contributed by atoms with Gasteiger partial charge in [0.15, 0.2) is 5.82 Å². The summed E-state index contributed by atoms with van der Waals surface area (Å²) >= 11 is 0. The van der Waals surface area contributed by atoms with Gasteiger partial charge in [0.1, 0.15) is 11.2 Å². The molecule has 2 fully saturated rings. The molecule has 4 rings (SSSR count).